The van der Waals surface area contributed by atoms with Crippen molar-refractivity contribution < 1.29 is 17.9 Å². The van der Waals surface area contributed by atoms with Gasteiger partial charge in [-0.1, -0.05) is 18.6 Å². The Morgan fingerprint density at radius 3 is 2.36 bits per heavy atom. The molecule has 1 heterocycles. The Hall–Kier alpha value is -2.38. The van der Waals surface area contributed by atoms with Gasteiger partial charge >= 0.3 is 0 Å². The summed E-state index contributed by atoms with van der Waals surface area (Å²) in [5, 5.41) is 3.08. The second kappa shape index (κ2) is 10.7. The van der Waals surface area contributed by atoms with Crippen molar-refractivity contribution in [3.8, 4) is 5.75 Å². The number of rotatable bonds is 8. The number of nitrogens with zero attached hydrogens (tertiary/aromatic N) is 1. The summed E-state index contributed by atoms with van der Waals surface area (Å²) in [6.07, 6.45) is 3.49. The summed E-state index contributed by atoms with van der Waals surface area (Å²) >= 11 is 0. The zero-order chi connectivity index (χ0) is 24.2. The fraction of sp³-hybridized carbons (Fsp3) is 0.500. The van der Waals surface area contributed by atoms with Crippen LogP contribution in [0.15, 0.2) is 35.2 Å². The van der Waals surface area contributed by atoms with Crippen molar-refractivity contribution in [1.82, 2.24) is 9.62 Å². The Kier molecular flexibility index (Phi) is 8.19. The molecule has 1 fully saturated rings. The van der Waals surface area contributed by atoms with E-state index in [2.05, 4.69) is 38.2 Å². The average molecular weight is 473 g/mol. The molecule has 0 aromatic heterocycles. The molecule has 0 aliphatic carbocycles. The number of amides is 1. The summed E-state index contributed by atoms with van der Waals surface area (Å²) < 4.78 is 33.1. The van der Waals surface area contributed by atoms with Crippen LogP contribution in [-0.4, -0.2) is 38.8 Å². The van der Waals surface area contributed by atoms with Crippen LogP contribution >= 0.6 is 0 Å². The minimum absolute atomic E-state index is 0.0773. The number of carbonyl (C=O) groups excluding carboxylic acids is 1. The molecule has 2 aromatic rings. The zero-order valence-electron chi connectivity index (χ0n) is 20.4. The Morgan fingerprint density at radius 1 is 1.03 bits per heavy atom. The summed E-state index contributed by atoms with van der Waals surface area (Å²) in [6, 6.07) is 9.11. The Bertz CT molecular complexity index is 1110. The summed E-state index contributed by atoms with van der Waals surface area (Å²) in [7, 11) is -1.98. The maximum atomic E-state index is 13.1. The van der Waals surface area contributed by atoms with Crippen LogP contribution in [0.5, 0.6) is 5.75 Å². The molecular weight excluding hydrogens is 436 g/mol. The highest BCUT2D eigenvalue weighted by atomic mass is 32.2. The molecule has 0 unspecified atom stereocenters. The molecule has 2 aromatic carbocycles. The van der Waals surface area contributed by atoms with E-state index >= 15 is 0 Å². The van der Waals surface area contributed by atoms with Crippen molar-refractivity contribution >= 4 is 15.9 Å². The van der Waals surface area contributed by atoms with E-state index in [0.29, 0.717) is 25.3 Å². The number of nitrogens with one attached hydrogen (secondary N) is 1. The number of benzene rings is 2. The van der Waals surface area contributed by atoms with Crippen LogP contribution in [0.4, 0.5) is 0 Å². The fourth-order valence-electron chi connectivity index (χ4n) is 4.45. The van der Waals surface area contributed by atoms with Gasteiger partial charge in [0, 0.05) is 19.5 Å². The minimum Gasteiger partial charge on any atom is -0.496 e. The van der Waals surface area contributed by atoms with E-state index in [9.17, 15) is 13.2 Å². The first-order valence-electron chi connectivity index (χ1n) is 11.7. The molecule has 6 nitrogen and oxygen atoms in total. The normalized spacial score (nSPS) is 15.8. The number of sulfonamides is 1. The van der Waals surface area contributed by atoms with Crippen molar-refractivity contribution in [1.29, 1.82) is 0 Å². The Balaban J connectivity index is 1.70. The topological polar surface area (TPSA) is 75.7 Å². The van der Waals surface area contributed by atoms with Gasteiger partial charge in [0.25, 0.3) is 0 Å². The summed E-state index contributed by atoms with van der Waals surface area (Å²) in [6.45, 7) is 9.32. The highest BCUT2D eigenvalue weighted by Crippen LogP contribution is 2.27. The van der Waals surface area contributed by atoms with Crippen LogP contribution in [0.25, 0.3) is 0 Å². The summed E-state index contributed by atoms with van der Waals surface area (Å²) in [5.41, 5.74) is 5.43. The summed E-state index contributed by atoms with van der Waals surface area (Å²) in [5.74, 6) is 0.518. The molecule has 1 aliphatic rings. The van der Waals surface area contributed by atoms with Gasteiger partial charge in [0.2, 0.25) is 15.9 Å². The molecule has 0 saturated carbocycles. The molecule has 0 radical (unpaired) electrons. The lowest BCUT2D eigenvalue weighted by Gasteiger charge is -2.26. The van der Waals surface area contributed by atoms with Crippen LogP contribution in [-0.2, 0) is 21.2 Å². The number of hydrogen-bond donors (Lipinski definition) is 1. The van der Waals surface area contributed by atoms with E-state index in [0.717, 1.165) is 36.0 Å². The van der Waals surface area contributed by atoms with Gasteiger partial charge < -0.3 is 10.1 Å². The van der Waals surface area contributed by atoms with E-state index in [1.165, 1.54) is 11.1 Å². The highest BCUT2D eigenvalue weighted by Gasteiger charge is 2.26. The number of methoxy groups -OCH3 is 1. The van der Waals surface area contributed by atoms with Crippen molar-refractivity contribution in [2.24, 2.45) is 0 Å². The molecule has 1 amide bonds. The van der Waals surface area contributed by atoms with E-state index in [-0.39, 0.29) is 23.3 Å². The number of hydrogen-bond acceptors (Lipinski definition) is 4. The van der Waals surface area contributed by atoms with E-state index < -0.39 is 10.0 Å². The maximum Gasteiger partial charge on any atom is 0.243 e. The first-order valence-corrected chi connectivity index (χ1v) is 13.1. The third-order valence-electron chi connectivity index (χ3n) is 6.55. The van der Waals surface area contributed by atoms with Crippen molar-refractivity contribution in [2.75, 3.05) is 20.2 Å². The molecule has 1 saturated heterocycles. The second-order valence-electron chi connectivity index (χ2n) is 9.02. The predicted molar refractivity (Wildman–Crippen MR) is 131 cm³/mol. The molecule has 1 atom stereocenters. The molecule has 0 spiro atoms. The SMILES string of the molecule is COc1ccc(S(=O)(=O)N2CCCCC2)cc1CCC(=O)N[C@@H](C)c1cc(C)c(C)cc1C. The Labute approximate surface area is 198 Å². The first-order chi connectivity index (χ1) is 15.6. The first kappa shape index (κ1) is 25.2. The zero-order valence-corrected chi connectivity index (χ0v) is 21.2. The van der Waals surface area contributed by atoms with Crippen LogP contribution < -0.4 is 10.1 Å². The van der Waals surface area contributed by atoms with Crippen LogP contribution in [0.2, 0.25) is 0 Å². The van der Waals surface area contributed by atoms with Gasteiger partial charge in [-0.2, -0.15) is 4.31 Å². The highest BCUT2D eigenvalue weighted by molar-refractivity contribution is 7.89. The second-order valence-corrected chi connectivity index (χ2v) is 11.0. The van der Waals surface area contributed by atoms with Gasteiger partial charge in [-0.25, -0.2) is 8.42 Å². The van der Waals surface area contributed by atoms with Crippen LogP contribution in [0.1, 0.15) is 66.5 Å². The third kappa shape index (κ3) is 5.95. The maximum absolute atomic E-state index is 13.1. The number of aryl methyl sites for hydroxylation is 4. The minimum atomic E-state index is -3.54. The van der Waals surface area contributed by atoms with Gasteiger partial charge in [0.15, 0.2) is 0 Å². The molecule has 0 bridgehead atoms. The van der Waals surface area contributed by atoms with Crippen LogP contribution in [0, 0.1) is 20.8 Å². The average Bonchev–Trinajstić information content (AvgIpc) is 2.80. The van der Waals surface area contributed by atoms with Gasteiger partial charge in [-0.15, -0.1) is 0 Å². The van der Waals surface area contributed by atoms with Crippen molar-refractivity contribution in [3.05, 3.63) is 58.1 Å². The number of piperidine rings is 1. The number of carbonyl (C=O) groups is 1. The standard InChI is InChI=1S/C26H36N2O4S/c1-18-15-20(3)24(16-19(18)2)21(4)27-26(29)12-9-22-17-23(10-11-25(22)32-5)33(30,31)28-13-7-6-8-14-28/h10-11,15-17,21H,6-9,12-14H2,1-5H3,(H,27,29)/t21-/m0/s1. The predicted octanol–water partition coefficient (Wildman–Crippen LogP) is 4.61. The monoisotopic (exact) mass is 472 g/mol. The largest absolute Gasteiger partial charge is 0.496 e. The summed E-state index contributed by atoms with van der Waals surface area (Å²) in [4.78, 5) is 13.0. The van der Waals surface area contributed by atoms with Gasteiger partial charge in [-0.3, -0.25) is 4.79 Å². The smallest absolute Gasteiger partial charge is 0.243 e. The lowest BCUT2D eigenvalue weighted by atomic mass is 9.96. The molecular formula is C26H36N2O4S. The lowest BCUT2D eigenvalue weighted by molar-refractivity contribution is -0.121. The third-order valence-corrected chi connectivity index (χ3v) is 8.45. The van der Waals surface area contributed by atoms with E-state index in [4.69, 9.17) is 4.74 Å². The Morgan fingerprint density at radius 2 is 1.70 bits per heavy atom. The van der Waals surface area contributed by atoms with Gasteiger partial charge in [-0.05, 0) is 93.0 Å². The molecule has 3 rings (SSSR count). The molecule has 180 valence electrons. The van der Waals surface area contributed by atoms with Gasteiger partial charge in [0.05, 0.1) is 18.0 Å². The molecule has 7 heteroatoms. The quantitative estimate of drug-likeness (QED) is 0.609. The van der Waals surface area contributed by atoms with E-state index in [1.807, 2.05) is 6.92 Å². The van der Waals surface area contributed by atoms with E-state index in [1.54, 1.807) is 29.6 Å². The number of ether oxygens (including phenoxy) is 1. The van der Waals surface area contributed by atoms with Crippen molar-refractivity contribution in [3.63, 3.8) is 0 Å². The molecule has 1 aliphatic heterocycles. The van der Waals surface area contributed by atoms with Crippen molar-refractivity contribution in [2.45, 2.75) is 70.7 Å². The molecule has 1 N–H and O–H groups in total. The van der Waals surface area contributed by atoms with Gasteiger partial charge in [0.1, 0.15) is 5.75 Å². The molecule has 33 heavy (non-hydrogen) atoms. The van der Waals surface area contributed by atoms with Crippen LogP contribution in [0.3, 0.4) is 0 Å². The fourth-order valence-corrected chi connectivity index (χ4v) is 6.02. The lowest BCUT2D eigenvalue weighted by Crippen LogP contribution is -2.35.